The number of hydrogen-bond acceptors (Lipinski definition) is 7. The van der Waals surface area contributed by atoms with Gasteiger partial charge < -0.3 is 24.4 Å². The van der Waals surface area contributed by atoms with E-state index < -0.39 is 0 Å². The molecule has 0 aliphatic carbocycles. The van der Waals surface area contributed by atoms with Crippen LogP contribution in [0.5, 0.6) is 5.75 Å². The number of nitrogens with zero attached hydrogens (tertiary/aromatic N) is 3. The van der Waals surface area contributed by atoms with E-state index in [-0.39, 0.29) is 12.6 Å². The zero-order valence-electron chi connectivity index (χ0n) is 16.0. The molecule has 1 aromatic heterocycles. The van der Waals surface area contributed by atoms with Crippen LogP contribution in [0, 0.1) is 5.92 Å². The first-order chi connectivity index (χ1) is 13.7. The number of benzene rings is 1. The molecule has 8 nitrogen and oxygen atoms in total. The standard InChI is InChI=1S/C19H26N4O4S/c1-26-15-3-2-14(22-8-10-27-11-9-22)17-16(15)20-18(28-17)21-19(25)23-6-4-13(12-24)5-7-23/h2-3,13,24H,4-12H2,1H3,(H,20,21,25). The van der Waals surface area contributed by atoms with Crippen molar-refractivity contribution in [1.82, 2.24) is 9.88 Å². The van der Waals surface area contributed by atoms with Crippen LogP contribution < -0.4 is 15.0 Å². The number of morpholine rings is 1. The first-order valence-electron chi connectivity index (χ1n) is 9.66. The molecule has 2 amide bonds. The summed E-state index contributed by atoms with van der Waals surface area (Å²) in [6.07, 6.45) is 1.66. The van der Waals surface area contributed by atoms with Gasteiger partial charge in [-0.25, -0.2) is 9.78 Å². The molecule has 0 spiro atoms. The van der Waals surface area contributed by atoms with Gasteiger partial charge in [0.15, 0.2) is 5.13 Å². The summed E-state index contributed by atoms with van der Waals surface area (Å²) in [5.41, 5.74) is 1.87. The van der Waals surface area contributed by atoms with Gasteiger partial charge in [0, 0.05) is 32.8 Å². The first kappa shape index (κ1) is 19.2. The maximum Gasteiger partial charge on any atom is 0.323 e. The van der Waals surface area contributed by atoms with Crippen LogP contribution in [0.25, 0.3) is 10.2 Å². The first-order valence-corrected chi connectivity index (χ1v) is 10.5. The highest BCUT2D eigenvalue weighted by Gasteiger charge is 2.24. The quantitative estimate of drug-likeness (QED) is 0.811. The smallest absolute Gasteiger partial charge is 0.323 e. The number of nitrogens with one attached hydrogen (secondary N) is 1. The lowest BCUT2D eigenvalue weighted by atomic mass is 9.98. The molecule has 2 aliphatic heterocycles. The lowest BCUT2D eigenvalue weighted by Gasteiger charge is -2.30. The van der Waals surface area contributed by atoms with Crippen LogP contribution in [0.3, 0.4) is 0 Å². The van der Waals surface area contributed by atoms with Crippen LogP contribution in [-0.4, -0.2) is 74.1 Å². The van der Waals surface area contributed by atoms with Crippen molar-refractivity contribution in [2.45, 2.75) is 12.8 Å². The average molecular weight is 407 g/mol. The third-order valence-electron chi connectivity index (χ3n) is 5.43. The molecule has 152 valence electrons. The molecule has 4 rings (SSSR count). The molecule has 0 saturated carbocycles. The second kappa shape index (κ2) is 8.50. The van der Waals surface area contributed by atoms with Crippen molar-refractivity contribution in [1.29, 1.82) is 0 Å². The van der Waals surface area contributed by atoms with E-state index in [9.17, 15) is 9.90 Å². The van der Waals surface area contributed by atoms with Crippen LogP contribution in [-0.2, 0) is 4.74 Å². The van der Waals surface area contributed by atoms with Crippen molar-refractivity contribution < 1.29 is 19.4 Å². The summed E-state index contributed by atoms with van der Waals surface area (Å²) in [4.78, 5) is 21.4. The van der Waals surface area contributed by atoms with Crippen LogP contribution >= 0.6 is 11.3 Å². The minimum Gasteiger partial charge on any atom is -0.494 e. The Morgan fingerprint density at radius 3 is 2.75 bits per heavy atom. The van der Waals surface area contributed by atoms with Crippen LogP contribution in [0.15, 0.2) is 12.1 Å². The number of aliphatic hydroxyl groups excluding tert-OH is 1. The topological polar surface area (TPSA) is 87.2 Å². The van der Waals surface area contributed by atoms with Gasteiger partial charge in [-0.2, -0.15) is 0 Å². The van der Waals surface area contributed by atoms with Crippen molar-refractivity contribution in [2.75, 3.05) is 63.3 Å². The van der Waals surface area contributed by atoms with E-state index in [4.69, 9.17) is 9.47 Å². The highest BCUT2D eigenvalue weighted by Crippen LogP contribution is 2.39. The Balaban J connectivity index is 1.55. The number of rotatable bonds is 4. The normalized spacial score (nSPS) is 18.5. The lowest BCUT2D eigenvalue weighted by Crippen LogP contribution is -2.41. The minimum atomic E-state index is -0.137. The fourth-order valence-corrected chi connectivity index (χ4v) is 4.74. The predicted octanol–water partition coefficient (Wildman–Crippen LogP) is 2.38. The summed E-state index contributed by atoms with van der Waals surface area (Å²) in [6.45, 7) is 4.59. The van der Waals surface area contributed by atoms with Gasteiger partial charge in [-0.1, -0.05) is 11.3 Å². The minimum absolute atomic E-state index is 0.137. The van der Waals surface area contributed by atoms with E-state index in [0.29, 0.717) is 43.1 Å². The zero-order valence-corrected chi connectivity index (χ0v) is 16.8. The summed E-state index contributed by atoms with van der Waals surface area (Å²) in [5.74, 6) is 0.999. The van der Waals surface area contributed by atoms with Gasteiger partial charge in [0.2, 0.25) is 0 Å². The number of urea groups is 1. The molecule has 0 radical (unpaired) electrons. The molecule has 2 N–H and O–H groups in total. The van der Waals surface area contributed by atoms with E-state index in [1.165, 1.54) is 11.3 Å². The second-order valence-corrected chi connectivity index (χ2v) is 8.13. The van der Waals surface area contributed by atoms with Gasteiger partial charge in [0.25, 0.3) is 0 Å². The number of carbonyl (C=O) groups is 1. The Bertz CT molecular complexity index is 829. The molecule has 2 aliphatic rings. The van der Waals surface area contributed by atoms with Gasteiger partial charge in [-0.05, 0) is 30.9 Å². The summed E-state index contributed by atoms with van der Waals surface area (Å²) in [7, 11) is 1.63. The lowest BCUT2D eigenvalue weighted by molar-refractivity contribution is 0.123. The van der Waals surface area contributed by atoms with Gasteiger partial charge >= 0.3 is 6.03 Å². The molecule has 3 heterocycles. The number of hydrogen-bond donors (Lipinski definition) is 2. The van der Waals surface area contributed by atoms with Crippen molar-refractivity contribution in [3.05, 3.63) is 12.1 Å². The number of thiazole rings is 1. The highest BCUT2D eigenvalue weighted by molar-refractivity contribution is 7.23. The molecule has 28 heavy (non-hydrogen) atoms. The van der Waals surface area contributed by atoms with E-state index in [1.54, 1.807) is 12.0 Å². The Kier molecular flexibility index (Phi) is 5.84. The molecular weight excluding hydrogens is 380 g/mol. The maximum atomic E-state index is 12.6. The molecule has 2 saturated heterocycles. The Morgan fingerprint density at radius 2 is 2.07 bits per heavy atom. The maximum absolute atomic E-state index is 12.6. The molecule has 9 heteroatoms. The number of likely N-dealkylation sites (tertiary alicyclic amines) is 1. The van der Waals surface area contributed by atoms with Crippen molar-refractivity contribution in [3.8, 4) is 5.75 Å². The highest BCUT2D eigenvalue weighted by atomic mass is 32.1. The summed E-state index contributed by atoms with van der Waals surface area (Å²) in [5, 5.41) is 12.8. The average Bonchev–Trinajstić information content (AvgIpc) is 3.17. The van der Waals surface area contributed by atoms with Crippen molar-refractivity contribution >= 4 is 38.4 Å². The Morgan fingerprint density at radius 1 is 1.32 bits per heavy atom. The Labute approximate surface area is 168 Å². The summed E-state index contributed by atoms with van der Waals surface area (Å²) in [6, 6.07) is 3.84. The zero-order chi connectivity index (χ0) is 19.5. The van der Waals surface area contributed by atoms with E-state index in [2.05, 4.69) is 21.3 Å². The number of ether oxygens (including phenoxy) is 2. The van der Waals surface area contributed by atoms with Gasteiger partial charge in [-0.15, -0.1) is 0 Å². The van der Waals surface area contributed by atoms with E-state index in [0.717, 1.165) is 41.8 Å². The second-order valence-electron chi connectivity index (χ2n) is 7.13. The molecule has 0 bridgehead atoms. The van der Waals surface area contributed by atoms with Crippen LogP contribution in [0.4, 0.5) is 15.6 Å². The fourth-order valence-electron chi connectivity index (χ4n) is 3.73. The summed E-state index contributed by atoms with van der Waals surface area (Å²) < 4.78 is 12.0. The number of methoxy groups -OCH3 is 1. The number of anilines is 2. The number of carbonyl (C=O) groups excluding carboxylic acids is 1. The molecule has 2 fully saturated rings. The number of piperidine rings is 1. The number of fused-ring (bicyclic) bond motifs is 1. The van der Waals surface area contributed by atoms with E-state index in [1.807, 2.05) is 6.07 Å². The van der Waals surface area contributed by atoms with Gasteiger partial charge in [0.1, 0.15) is 11.3 Å². The SMILES string of the molecule is COc1ccc(N2CCOCC2)c2sc(NC(=O)N3CCC(CO)CC3)nc12. The molecule has 0 atom stereocenters. The van der Waals surface area contributed by atoms with E-state index >= 15 is 0 Å². The van der Waals surface area contributed by atoms with Gasteiger partial charge in [-0.3, -0.25) is 5.32 Å². The van der Waals surface area contributed by atoms with Crippen LogP contribution in [0.2, 0.25) is 0 Å². The molecular formula is C19H26N4O4S. The molecule has 0 unspecified atom stereocenters. The van der Waals surface area contributed by atoms with Crippen LogP contribution in [0.1, 0.15) is 12.8 Å². The number of amides is 2. The third kappa shape index (κ3) is 3.87. The molecule has 2 aromatic rings. The Hall–Kier alpha value is -2.10. The monoisotopic (exact) mass is 406 g/mol. The third-order valence-corrected chi connectivity index (χ3v) is 6.42. The largest absolute Gasteiger partial charge is 0.494 e. The number of aliphatic hydroxyl groups is 1. The number of aromatic nitrogens is 1. The van der Waals surface area contributed by atoms with Crippen molar-refractivity contribution in [2.24, 2.45) is 5.92 Å². The predicted molar refractivity (Wildman–Crippen MR) is 110 cm³/mol. The van der Waals surface area contributed by atoms with Crippen molar-refractivity contribution in [3.63, 3.8) is 0 Å². The fraction of sp³-hybridized carbons (Fsp3) is 0.579. The summed E-state index contributed by atoms with van der Waals surface area (Å²) >= 11 is 1.47. The molecule has 1 aromatic carbocycles. The van der Waals surface area contributed by atoms with Gasteiger partial charge in [0.05, 0.1) is 30.7 Å².